The van der Waals surface area contributed by atoms with E-state index in [9.17, 15) is 22.8 Å². The number of piperidine rings is 1. The van der Waals surface area contributed by atoms with Crippen molar-refractivity contribution in [3.8, 4) is 5.75 Å². The van der Waals surface area contributed by atoms with E-state index in [1.165, 1.54) is 10.4 Å². The summed E-state index contributed by atoms with van der Waals surface area (Å²) >= 11 is 0. The van der Waals surface area contributed by atoms with Crippen LogP contribution < -0.4 is 15.0 Å². The van der Waals surface area contributed by atoms with E-state index in [0.29, 0.717) is 68.1 Å². The van der Waals surface area contributed by atoms with Crippen LogP contribution in [0, 0.1) is 12.8 Å². The Morgan fingerprint density at radius 2 is 1.74 bits per heavy atom. The number of ketones is 1. The fraction of sp³-hybridized carbons (Fsp3) is 0.444. The van der Waals surface area contributed by atoms with Gasteiger partial charge in [0.2, 0.25) is 15.9 Å². The lowest BCUT2D eigenvalue weighted by molar-refractivity contribution is -0.137. The number of Topliss-reactive ketones (excluding diaryl/α,β-unsaturated/α-hetero) is 1. The highest BCUT2D eigenvalue weighted by molar-refractivity contribution is 7.89. The van der Waals surface area contributed by atoms with Crippen molar-refractivity contribution in [1.82, 2.24) is 9.21 Å². The number of hydrogen-bond acceptors (Lipinski definition) is 7. The van der Waals surface area contributed by atoms with Gasteiger partial charge in [0.15, 0.2) is 12.4 Å². The van der Waals surface area contributed by atoms with Crippen molar-refractivity contribution in [1.29, 1.82) is 0 Å². The second-order valence-corrected chi connectivity index (χ2v) is 12.0. The van der Waals surface area contributed by atoms with Crippen molar-refractivity contribution in [3.05, 3.63) is 47.5 Å². The van der Waals surface area contributed by atoms with E-state index in [4.69, 9.17) is 4.74 Å². The van der Waals surface area contributed by atoms with Gasteiger partial charge in [-0.05, 0) is 62.6 Å². The van der Waals surface area contributed by atoms with Crippen molar-refractivity contribution < 1.29 is 27.5 Å². The number of nitrogens with one attached hydrogen (secondary N) is 1. The maximum atomic E-state index is 13.6. The fourth-order valence-corrected chi connectivity index (χ4v) is 7.09. The summed E-state index contributed by atoms with van der Waals surface area (Å²) in [7, 11) is -3.85. The van der Waals surface area contributed by atoms with Crippen molar-refractivity contribution in [3.63, 3.8) is 0 Å². The van der Waals surface area contributed by atoms with E-state index in [-0.39, 0.29) is 35.6 Å². The van der Waals surface area contributed by atoms with Gasteiger partial charge < -0.3 is 19.9 Å². The van der Waals surface area contributed by atoms with Crippen molar-refractivity contribution in [2.75, 3.05) is 56.1 Å². The molecule has 0 aromatic heterocycles. The molecule has 202 valence electrons. The lowest BCUT2D eigenvalue weighted by Gasteiger charge is -2.39. The number of carbonyl (C=O) groups excluding carboxylic acids is 3. The molecule has 0 radical (unpaired) electrons. The molecule has 38 heavy (non-hydrogen) atoms. The number of piperazine rings is 1. The molecule has 0 bridgehead atoms. The van der Waals surface area contributed by atoms with Gasteiger partial charge in [-0.15, -0.1) is 0 Å². The molecule has 3 aliphatic rings. The maximum Gasteiger partial charge on any atom is 0.262 e. The first-order valence-corrected chi connectivity index (χ1v) is 14.3. The van der Waals surface area contributed by atoms with Crippen molar-refractivity contribution in [2.24, 2.45) is 5.92 Å². The second kappa shape index (κ2) is 10.4. The minimum absolute atomic E-state index is 0.00955. The molecule has 11 heteroatoms. The molecule has 0 saturated carbocycles. The van der Waals surface area contributed by atoms with Gasteiger partial charge in [-0.3, -0.25) is 14.4 Å². The van der Waals surface area contributed by atoms with Gasteiger partial charge in [-0.1, -0.05) is 0 Å². The van der Waals surface area contributed by atoms with Gasteiger partial charge in [0, 0.05) is 56.6 Å². The zero-order valence-electron chi connectivity index (χ0n) is 21.6. The topological polar surface area (TPSA) is 116 Å². The van der Waals surface area contributed by atoms with Gasteiger partial charge in [0.1, 0.15) is 5.75 Å². The van der Waals surface area contributed by atoms with E-state index in [1.807, 2.05) is 29.2 Å². The molecule has 2 aromatic rings. The molecular formula is C27H32N4O6S. The predicted octanol–water partition coefficient (Wildman–Crippen LogP) is 2.28. The minimum atomic E-state index is -3.85. The largest absolute Gasteiger partial charge is 0.482 e. The molecule has 1 N–H and O–H groups in total. The molecule has 1 atom stereocenters. The molecule has 0 aliphatic carbocycles. The van der Waals surface area contributed by atoms with Crippen LogP contribution in [0.15, 0.2) is 41.3 Å². The van der Waals surface area contributed by atoms with E-state index < -0.39 is 15.9 Å². The number of sulfonamides is 1. The molecule has 2 fully saturated rings. The highest BCUT2D eigenvalue weighted by atomic mass is 32.2. The summed E-state index contributed by atoms with van der Waals surface area (Å²) in [6, 6.07) is 10.6. The number of anilines is 2. The minimum Gasteiger partial charge on any atom is -0.482 e. The van der Waals surface area contributed by atoms with Gasteiger partial charge in [-0.2, -0.15) is 4.31 Å². The molecular weight excluding hydrogens is 508 g/mol. The first kappa shape index (κ1) is 26.2. The highest BCUT2D eigenvalue weighted by Gasteiger charge is 2.37. The normalized spacial score (nSPS) is 20.4. The molecule has 10 nitrogen and oxygen atoms in total. The number of ether oxygens (including phenoxy) is 1. The second-order valence-electron chi connectivity index (χ2n) is 10.1. The van der Waals surface area contributed by atoms with Gasteiger partial charge in [0.25, 0.3) is 5.91 Å². The summed E-state index contributed by atoms with van der Waals surface area (Å²) < 4.78 is 34.0. The predicted molar refractivity (Wildman–Crippen MR) is 142 cm³/mol. The van der Waals surface area contributed by atoms with Gasteiger partial charge >= 0.3 is 0 Å². The monoisotopic (exact) mass is 540 g/mol. The van der Waals surface area contributed by atoms with E-state index in [1.54, 1.807) is 19.9 Å². The summed E-state index contributed by atoms with van der Waals surface area (Å²) in [6.07, 6.45) is 1.25. The Morgan fingerprint density at radius 3 is 2.42 bits per heavy atom. The molecule has 2 amide bonds. The third-order valence-electron chi connectivity index (χ3n) is 7.49. The van der Waals surface area contributed by atoms with Crippen molar-refractivity contribution in [2.45, 2.75) is 31.6 Å². The fourth-order valence-electron chi connectivity index (χ4n) is 5.35. The number of fused-ring (bicyclic) bond motifs is 1. The molecule has 5 rings (SSSR count). The Kier molecular flexibility index (Phi) is 7.15. The van der Waals surface area contributed by atoms with Crippen LogP contribution in [0.1, 0.15) is 35.7 Å². The zero-order valence-corrected chi connectivity index (χ0v) is 22.4. The number of amides is 2. The Labute approximate surface area is 222 Å². The SMILES string of the molecule is CC(=O)c1ccc(N2CCN(C(=O)[C@@H]3CCCN(S(=O)(=O)c4cc5c(cc4C)NC(=O)CO5)C3)CC2)cc1. The Hall–Kier alpha value is -3.44. The number of hydrogen-bond donors (Lipinski definition) is 1. The smallest absolute Gasteiger partial charge is 0.262 e. The zero-order chi connectivity index (χ0) is 27.0. The van der Waals surface area contributed by atoms with Gasteiger partial charge in [-0.25, -0.2) is 8.42 Å². The van der Waals surface area contributed by atoms with Crippen LogP contribution in [-0.2, 0) is 19.6 Å². The Morgan fingerprint density at radius 1 is 1.03 bits per heavy atom. The van der Waals surface area contributed by atoms with Crippen LogP contribution in [0.4, 0.5) is 11.4 Å². The third kappa shape index (κ3) is 5.12. The van der Waals surface area contributed by atoms with E-state index >= 15 is 0 Å². The number of aryl methyl sites for hydroxylation is 1. The van der Waals surface area contributed by atoms with Crippen LogP contribution in [0.2, 0.25) is 0 Å². The first-order valence-electron chi connectivity index (χ1n) is 12.9. The lowest BCUT2D eigenvalue weighted by Crippen LogP contribution is -2.53. The number of carbonyl (C=O) groups is 3. The molecule has 0 unspecified atom stereocenters. The average molecular weight is 541 g/mol. The van der Waals surface area contributed by atoms with Crippen LogP contribution in [0.25, 0.3) is 0 Å². The quantitative estimate of drug-likeness (QED) is 0.579. The van der Waals surface area contributed by atoms with Crippen LogP contribution in [-0.4, -0.2) is 81.1 Å². The average Bonchev–Trinajstić information content (AvgIpc) is 2.92. The lowest BCUT2D eigenvalue weighted by atomic mass is 9.97. The summed E-state index contributed by atoms with van der Waals surface area (Å²) in [5, 5.41) is 2.70. The van der Waals surface area contributed by atoms with Gasteiger partial charge in [0.05, 0.1) is 16.5 Å². The van der Waals surface area contributed by atoms with E-state index in [2.05, 4.69) is 10.2 Å². The van der Waals surface area contributed by atoms with Crippen LogP contribution >= 0.6 is 0 Å². The molecule has 3 aliphatic heterocycles. The summed E-state index contributed by atoms with van der Waals surface area (Å²) in [4.78, 5) is 40.7. The maximum absolute atomic E-state index is 13.6. The van der Waals surface area contributed by atoms with E-state index in [0.717, 1.165) is 5.69 Å². The summed E-state index contributed by atoms with van der Waals surface area (Å²) in [5.74, 6) is -0.332. The standard InChI is InChI=1S/C27H32N4O6S/c1-18-14-23-24(37-17-26(33)28-23)15-25(18)38(35,36)31-9-3-4-21(16-31)27(34)30-12-10-29(11-13-30)22-7-5-20(6-8-22)19(2)32/h5-8,14-15,21H,3-4,9-13,16-17H2,1-2H3,(H,28,33)/t21-/m1/s1. The number of nitrogens with zero attached hydrogens (tertiary/aromatic N) is 3. The number of benzene rings is 2. The molecule has 0 spiro atoms. The van der Waals surface area contributed by atoms with Crippen LogP contribution in [0.5, 0.6) is 5.75 Å². The third-order valence-corrected chi connectivity index (χ3v) is 9.50. The molecule has 3 heterocycles. The summed E-state index contributed by atoms with van der Waals surface area (Å²) in [5.41, 5.74) is 2.65. The number of rotatable bonds is 5. The summed E-state index contributed by atoms with van der Waals surface area (Å²) in [6.45, 7) is 6.02. The Balaban J connectivity index is 1.24. The van der Waals surface area contributed by atoms with Crippen molar-refractivity contribution >= 4 is 39.0 Å². The van der Waals surface area contributed by atoms with Crippen LogP contribution in [0.3, 0.4) is 0 Å². The molecule has 2 aromatic carbocycles. The first-order chi connectivity index (χ1) is 18.1. The molecule has 2 saturated heterocycles. The highest BCUT2D eigenvalue weighted by Crippen LogP contribution is 2.35. The Bertz CT molecular complexity index is 1370.